The molecule has 0 aromatic rings. The van der Waals surface area contributed by atoms with Crippen LogP contribution in [0.5, 0.6) is 0 Å². The summed E-state index contributed by atoms with van der Waals surface area (Å²) in [6, 6.07) is 4.15. The molecule has 0 radical (unpaired) electrons. The molecule has 0 atom stereocenters. The first-order chi connectivity index (χ1) is 14.2. The Labute approximate surface area is 187 Å². The predicted octanol–water partition coefficient (Wildman–Crippen LogP) is 10.4. The van der Waals surface area contributed by atoms with E-state index in [0.29, 0.717) is 0 Å². The van der Waals surface area contributed by atoms with Crippen LogP contribution < -0.4 is 0 Å². The highest BCUT2D eigenvalue weighted by atomic mass is 28.4. The molecule has 0 heterocycles. The molecule has 0 aliphatic heterocycles. The molecule has 2 heteroatoms. The molecule has 1 nitrogen and oxygen atoms in total. The Balaban J connectivity index is 3.43. The molecule has 0 N–H and O–H groups in total. The molecule has 0 saturated heterocycles. The highest BCUT2D eigenvalue weighted by molar-refractivity contribution is 6.73. The monoisotopic (exact) mass is 426 g/mol. The van der Waals surface area contributed by atoms with E-state index < -0.39 is 8.32 Å². The van der Waals surface area contributed by atoms with Gasteiger partial charge in [-0.05, 0) is 24.6 Å². The fourth-order valence-electron chi connectivity index (χ4n) is 4.90. The van der Waals surface area contributed by atoms with E-state index in [1.807, 2.05) is 0 Å². The molecule has 0 aromatic carbocycles. The van der Waals surface area contributed by atoms with E-state index in [1.54, 1.807) is 0 Å². The third kappa shape index (κ3) is 18.6. The average molecular weight is 427 g/mol. The maximum Gasteiger partial charge on any atom is 0.192 e. The van der Waals surface area contributed by atoms with Gasteiger partial charge in [-0.1, -0.05) is 143 Å². The summed E-state index contributed by atoms with van der Waals surface area (Å²) in [5, 5.41) is 0. The molecule has 0 saturated carbocycles. The Hall–Kier alpha value is 0.177. The number of hydrogen-bond acceptors (Lipinski definition) is 1. The molecule has 0 aliphatic carbocycles. The van der Waals surface area contributed by atoms with Crippen LogP contribution >= 0.6 is 0 Å². The van der Waals surface area contributed by atoms with Crippen LogP contribution in [0.4, 0.5) is 0 Å². The summed E-state index contributed by atoms with van der Waals surface area (Å²) in [6.45, 7) is 10.4. The van der Waals surface area contributed by atoms with Crippen molar-refractivity contribution >= 4 is 8.32 Å². The SMILES string of the molecule is CCCCCCCCCCCCCCCCCCO[Si](CCC)(CCC)CCC. The first-order valence-corrected chi connectivity index (χ1v) is 16.4. The number of rotatable bonds is 24. The largest absolute Gasteiger partial charge is 0.417 e. The van der Waals surface area contributed by atoms with Gasteiger partial charge in [-0.15, -0.1) is 0 Å². The third-order valence-electron chi connectivity index (χ3n) is 6.52. The lowest BCUT2D eigenvalue weighted by molar-refractivity contribution is 0.283. The Bertz CT molecular complexity index is 288. The fraction of sp³-hybridized carbons (Fsp3) is 1.00. The van der Waals surface area contributed by atoms with Crippen LogP contribution in [-0.2, 0) is 4.43 Å². The van der Waals surface area contributed by atoms with Crippen molar-refractivity contribution in [3.8, 4) is 0 Å². The zero-order chi connectivity index (χ0) is 21.5. The molecule has 0 amide bonds. The van der Waals surface area contributed by atoms with Gasteiger partial charge in [-0.3, -0.25) is 0 Å². The van der Waals surface area contributed by atoms with E-state index in [1.165, 1.54) is 140 Å². The van der Waals surface area contributed by atoms with Crippen molar-refractivity contribution in [3.05, 3.63) is 0 Å². The van der Waals surface area contributed by atoms with Crippen LogP contribution in [0.25, 0.3) is 0 Å². The van der Waals surface area contributed by atoms with Crippen LogP contribution in [-0.4, -0.2) is 14.9 Å². The molecule has 0 bridgehead atoms. The molecule has 0 rings (SSSR count). The van der Waals surface area contributed by atoms with Gasteiger partial charge in [0.05, 0.1) is 0 Å². The lowest BCUT2D eigenvalue weighted by Gasteiger charge is -2.31. The molecule has 0 fully saturated rings. The van der Waals surface area contributed by atoms with E-state index in [4.69, 9.17) is 4.43 Å². The van der Waals surface area contributed by atoms with E-state index >= 15 is 0 Å². The Morgan fingerprint density at radius 2 is 0.690 bits per heavy atom. The minimum absolute atomic E-state index is 1.05. The number of hydrogen-bond donors (Lipinski definition) is 0. The first-order valence-electron chi connectivity index (χ1n) is 13.9. The van der Waals surface area contributed by atoms with Gasteiger partial charge >= 0.3 is 0 Å². The Morgan fingerprint density at radius 1 is 0.379 bits per heavy atom. The van der Waals surface area contributed by atoms with E-state index in [-0.39, 0.29) is 0 Å². The van der Waals surface area contributed by atoms with E-state index in [0.717, 1.165) is 6.61 Å². The van der Waals surface area contributed by atoms with Gasteiger partial charge in [-0.2, -0.15) is 0 Å². The van der Waals surface area contributed by atoms with Gasteiger partial charge in [0.1, 0.15) is 0 Å². The quantitative estimate of drug-likeness (QED) is 0.110. The summed E-state index contributed by atoms with van der Waals surface area (Å²) in [5.74, 6) is 0. The smallest absolute Gasteiger partial charge is 0.192 e. The second-order valence-corrected chi connectivity index (χ2v) is 13.7. The van der Waals surface area contributed by atoms with Crippen molar-refractivity contribution in [2.24, 2.45) is 0 Å². The van der Waals surface area contributed by atoms with Crippen molar-refractivity contribution in [2.75, 3.05) is 6.61 Å². The molecular formula is C27H58OSi. The highest BCUT2D eigenvalue weighted by Crippen LogP contribution is 2.27. The van der Waals surface area contributed by atoms with Crippen LogP contribution in [0.15, 0.2) is 0 Å². The fourth-order valence-corrected chi connectivity index (χ4v) is 9.39. The summed E-state index contributed by atoms with van der Waals surface area (Å²) >= 11 is 0. The van der Waals surface area contributed by atoms with Gasteiger partial charge in [0.25, 0.3) is 0 Å². The highest BCUT2D eigenvalue weighted by Gasteiger charge is 2.31. The van der Waals surface area contributed by atoms with Crippen molar-refractivity contribution in [2.45, 2.75) is 168 Å². The summed E-state index contributed by atoms with van der Waals surface area (Å²) in [4.78, 5) is 0. The molecule has 0 unspecified atom stereocenters. The maximum absolute atomic E-state index is 6.61. The zero-order valence-corrected chi connectivity index (χ0v) is 22.2. The molecular weight excluding hydrogens is 368 g/mol. The third-order valence-corrected chi connectivity index (χ3v) is 11.6. The molecule has 176 valence electrons. The second kappa shape index (κ2) is 22.9. The van der Waals surface area contributed by atoms with Crippen LogP contribution in [0.3, 0.4) is 0 Å². The molecule has 0 aliphatic rings. The van der Waals surface area contributed by atoms with Crippen molar-refractivity contribution in [1.82, 2.24) is 0 Å². The summed E-state index contributed by atoms with van der Waals surface area (Å²) in [7, 11) is -1.40. The normalized spacial score (nSPS) is 12.0. The minimum atomic E-state index is -1.40. The molecule has 29 heavy (non-hydrogen) atoms. The minimum Gasteiger partial charge on any atom is -0.417 e. The van der Waals surface area contributed by atoms with Gasteiger partial charge in [0, 0.05) is 6.61 Å². The van der Waals surface area contributed by atoms with Crippen molar-refractivity contribution < 1.29 is 4.43 Å². The zero-order valence-electron chi connectivity index (χ0n) is 21.2. The van der Waals surface area contributed by atoms with E-state index in [2.05, 4.69) is 27.7 Å². The van der Waals surface area contributed by atoms with E-state index in [9.17, 15) is 0 Å². The van der Waals surface area contributed by atoms with Gasteiger partial charge in [-0.25, -0.2) is 0 Å². The maximum atomic E-state index is 6.61. The molecule has 0 spiro atoms. The van der Waals surface area contributed by atoms with Gasteiger partial charge in [0.15, 0.2) is 8.32 Å². The standard InChI is InChI=1S/C27H58OSi/c1-5-9-10-11-12-13-14-15-16-17-18-19-20-21-22-23-24-28-29(25-6-2,26-7-3)27-8-4/h5-27H2,1-4H3. The van der Waals surface area contributed by atoms with Crippen molar-refractivity contribution in [1.29, 1.82) is 0 Å². The number of unbranched alkanes of at least 4 members (excludes halogenated alkanes) is 15. The van der Waals surface area contributed by atoms with Crippen LogP contribution in [0.1, 0.15) is 150 Å². The Kier molecular flexibility index (Phi) is 23.0. The van der Waals surface area contributed by atoms with Gasteiger partial charge in [0.2, 0.25) is 0 Å². The van der Waals surface area contributed by atoms with Crippen LogP contribution in [0, 0.1) is 0 Å². The first kappa shape index (κ1) is 29.2. The van der Waals surface area contributed by atoms with Crippen molar-refractivity contribution in [3.63, 3.8) is 0 Å². The topological polar surface area (TPSA) is 9.23 Å². The lowest BCUT2D eigenvalue weighted by Crippen LogP contribution is -2.38. The lowest BCUT2D eigenvalue weighted by atomic mass is 10.0. The molecule has 0 aromatic heterocycles. The summed E-state index contributed by atoms with van der Waals surface area (Å²) < 4.78 is 6.61. The predicted molar refractivity (Wildman–Crippen MR) is 137 cm³/mol. The second-order valence-electron chi connectivity index (χ2n) is 9.58. The summed E-state index contributed by atoms with van der Waals surface area (Å²) in [5.41, 5.74) is 0. The van der Waals surface area contributed by atoms with Crippen LogP contribution in [0.2, 0.25) is 18.1 Å². The Morgan fingerprint density at radius 3 is 1.00 bits per heavy atom. The summed E-state index contributed by atoms with van der Waals surface area (Å²) in [6.07, 6.45) is 27.0. The average Bonchev–Trinajstić information content (AvgIpc) is 2.71. The van der Waals surface area contributed by atoms with Gasteiger partial charge < -0.3 is 4.43 Å².